The number of fused-ring (bicyclic) bond motifs is 1. The summed E-state index contributed by atoms with van der Waals surface area (Å²) in [7, 11) is 1.80. The fraction of sp³-hybridized carbons (Fsp3) is 0.556. The van der Waals surface area contributed by atoms with Gasteiger partial charge in [-0.05, 0) is 32.4 Å². The molecule has 3 rings (SSSR count). The van der Waals surface area contributed by atoms with Crippen molar-refractivity contribution in [3.63, 3.8) is 0 Å². The summed E-state index contributed by atoms with van der Waals surface area (Å²) in [5.41, 5.74) is -0.939. The SMILES string of the molecule is Cn1ncc2ccc(C3(O)CCN(C(=O)OC(C)(C)C)CC3F)cc21. The van der Waals surface area contributed by atoms with Crippen molar-refractivity contribution in [2.75, 3.05) is 13.1 Å². The van der Waals surface area contributed by atoms with Crippen LogP contribution in [0.3, 0.4) is 0 Å². The lowest BCUT2D eigenvalue weighted by Crippen LogP contribution is -2.54. The Balaban J connectivity index is 1.81. The molecular formula is C18H24FN3O3. The zero-order chi connectivity index (χ0) is 18.4. The number of benzene rings is 1. The molecule has 1 aromatic carbocycles. The van der Waals surface area contributed by atoms with Crippen LogP contribution in [0.25, 0.3) is 10.9 Å². The van der Waals surface area contributed by atoms with E-state index in [0.717, 1.165) is 10.9 Å². The number of halogens is 1. The van der Waals surface area contributed by atoms with Crippen molar-refractivity contribution in [3.8, 4) is 0 Å². The van der Waals surface area contributed by atoms with Gasteiger partial charge in [0.25, 0.3) is 0 Å². The second-order valence-corrected chi connectivity index (χ2v) is 7.61. The Morgan fingerprint density at radius 1 is 1.44 bits per heavy atom. The Kier molecular flexibility index (Phi) is 4.23. The summed E-state index contributed by atoms with van der Waals surface area (Å²) in [5, 5.41) is 16.0. The summed E-state index contributed by atoms with van der Waals surface area (Å²) in [6.07, 6.45) is -0.323. The molecule has 1 saturated heterocycles. The largest absolute Gasteiger partial charge is 0.444 e. The molecule has 1 N–H and O–H groups in total. The number of aliphatic hydroxyl groups is 1. The number of aryl methyl sites for hydroxylation is 1. The number of hydrogen-bond donors (Lipinski definition) is 1. The zero-order valence-electron chi connectivity index (χ0n) is 15.0. The third kappa shape index (κ3) is 3.33. The second-order valence-electron chi connectivity index (χ2n) is 7.61. The summed E-state index contributed by atoms with van der Waals surface area (Å²) in [6.45, 7) is 5.33. The number of aromatic nitrogens is 2. The first-order chi connectivity index (χ1) is 11.6. The van der Waals surface area contributed by atoms with E-state index in [1.807, 2.05) is 6.07 Å². The van der Waals surface area contributed by atoms with Crippen LogP contribution in [0.1, 0.15) is 32.8 Å². The molecule has 2 aromatic rings. The van der Waals surface area contributed by atoms with Crippen molar-refractivity contribution >= 4 is 17.0 Å². The number of rotatable bonds is 1. The Morgan fingerprint density at radius 3 is 2.80 bits per heavy atom. The normalized spacial score (nSPS) is 24.6. The molecule has 25 heavy (non-hydrogen) atoms. The maximum absolute atomic E-state index is 14.9. The van der Waals surface area contributed by atoms with Gasteiger partial charge in [-0.3, -0.25) is 4.68 Å². The van der Waals surface area contributed by atoms with Gasteiger partial charge in [-0.25, -0.2) is 9.18 Å². The van der Waals surface area contributed by atoms with Gasteiger partial charge in [-0.15, -0.1) is 0 Å². The van der Waals surface area contributed by atoms with Crippen molar-refractivity contribution in [2.45, 2.75) is 44.6 Å². The average Bonchev–Trinajstić information content (AvgIpc) is 2.89. The van der Waals surface area contributed by atoms with E-state index in [2.05, 4.69) is 5.10 Å². The van der Waals surface area contributed by atoms with Gasteiger partial charge < -0.3 is 14.7 Å². The maximum Gasteiger partial charge on any atom is 0.410 e. The summed E-state index contributed by atoms with van der Waals surface area (Å²) in [4.78, 5) is 13.4. The minimum absolute atomic E-state index is 0.108. The van der Waals surface area contributed by atoms with Crippen LogP contribution >= 0.6 is 0 Å². The molecular weight excluding hydrogens is 325 g/mol. The highest BCUT2D eigenvalue weighted by Gasteiger charge is 2.45. The highest BCUT2D eigenvalue weighted by Crippen LogP contribution is 2.36. The monoisotopic (exact) mass is 349 g/mol. The molecule has 1 aliphatic rings. The highest BCUT2D eigenvalue weighted by atomic mass is 19.1. The molecule has 0 radical (unpaired) electrons. The number of carbonyl (C=O) groups is 1. The highest BCUT2D eigenvalue weighted by molar-refractivity contribution is 5.79. The molecule has 0 saturated carbocycles. The van der Waals surface area contributed by atoms with Gasteiger partial charge in [0, 0.05) is 25.4 Å². The number of nitrogens with zero attached hydrogens (tertiary/aromatic N) is 3. The fourth-order valence-electron chi connectivity index (χ4n) is 3.13. The van der Waals surface area contributed by atoms with Gasteiger partial charge in [0.15, 0.2) is 6.17 Å². The summed E-state index contributed by atoms with van der Waals surface area (Å²) in [6, 6.07) is 5.31. The van der Waals surface area contributed by atoms with Crippen molar-refractivity contribution in [2.24, 2.45) is 7.05 Å². The minimum atomic E-state index is -1.63. The number of alkyl halides is 1. The molecule has 0 aliphatic carbocycles. The van der Waals surface area contributed by atoms with Crippen LogP contribution in [0.2, 0.25) is 0 Å². The summed E-state index contributed by atoms with van der Waals surface area (Å²) in [5.74, 6) is 0. The molecule has 2 heterocycles. The van der Waals surface area contributed by atoms with Gasteiger partial charge in [-0.2, -0.15) is 5.10 Å². The second kappa shape index (κ2) is 5.98. The van der Waals surface area contributed by atoms with Crippen LogP contribution < -0.4 is 0 Å². The van der Waals surface area contributed by atoms with Crippen molar-refractivity contribution in [3.05, 3.63) is 30.0 Å². The number of carbonyl (C=O) groups excluding carboxylic acids is 1. The van der Waals surface area contributed by atoms with Crippen LogP contribution in [0.15, 0.2) is 24.4 Å². The molecule has 7 heteroatoms. The van der Waals surface area contributed by atoms with Gasteiger partial charge in [0.05, 0.1) is 18.3 Å². The van der Waals surface area contributed by atoms with Crippen LogP contribution in [0.4, 0.5) is 9.18 Å². The van der Waals surface area contributed by atoms with Gasteiger partial charge in [0.1, 0.15) is 11.2 Å². The van der Waals surface area contributed by atoms with Crippen LogP contribution in [0, 0.1) is 0 Å². The van der Waals surface area contributed by atoms with E-state index in [-0.39, 0.29) is 19.5 Å². The minimum Gasteiger partial charge on any atom is -0.444 e. The van der Waals surface area contributed by atoms with E-state index >= 15 is 0 Å². The van der Waals surface area contributed by atoms with E-state index in [1.165, 1.54) is 4.90 Å². The Bertz CT molecular complexity index is 798. The predicted molar refractivity (Wildman–Crippen MR) is 91.9 cm³/mol. The Labute approximate surface area is 146 Å². The summed E-state index contributed by atoms with van der Waals surface area (Å²) >= 11 is 0. The lowest BCUT2D eigenvalue weighted by atomic mass is 9.82. The first-order valence-electron chi connectivity index (χ1n) is 8.37. The van der Waals surface area contributed by atoms with Gasteiger partial charge in [-0.1, -0.05) is 12.1 Å². The topological polar surface area (TPSA) is 67.6 Å². The molecule has 1 aromatic heterocycles. The van der Waals surface area contributed by atoms with E-state index in [0.29, 0.717) is 5.56 Å². The molecule has 2 unspecified atom stereocenters. The van der Waals surface area contributed by atoms with E-state index in [9.17, 15) is 14.3 Å². The van der Waals surface area contributed by atoms with Crippen LogP contribution in [0.5, 0.6) is 0 Å². The van der Waals surface area contributed by atoms with Crippen molar-refractivity contribution in [1.29, 1.82) is 0 Å². The van der Waals surface area contributed by atoms with Crippen molar-refractivity contribution in [1.82, 2.24) is 14.7 Å². The number of hydrogen-bond acceptors (Lipinski definition) is 4. The number of likely N-dealkylation sites (tertiary alicyclic amines) is 1. The molecule has 0 spiro atoms. The quantitative estimate of drug-likeness (QED) is 0.860. The Morgan fingerprint density at radius 2 is 2.16 bits per heavy atom. The van der Waals surface area contributed by atoms with E-state index in [1.54, 1.807) is 50.8 Å². The molecule has 1 fully saturated rings. The van der Waals surface area contributed by atoms with Crippen LogP contribution in [-0.2, 0) is 17.4 Å². The van der Waals surface area contributed by atoms with Gasteiger partial charge >= 0.3 is 6.09 Å². The number of piperidine rings is 1. The summed E-state index contributed by atoms with van der Waals surface area (Å²) < 4.78 is 21.8. The zero-order valence-corrected chi connectivity index (χ0v) is 15.0. The molecule has 2 atom stereocenters. The van der Waals surface area contributed by atoms with Crippen molar-refractivity contribution < 1.29 is 19.0 Å². The lowest BCUT2D eigenvalue weighted by molar-refractivity contribution is -0.0906. The molecule has 1 amide bonds. The van der Waals surface area contributed by atoms with E-state index < -0.39 is 23.5 Å². The van der Waals surface area contributed by atoms with Crippen LogP contribution in [-0.4, -0.2) is 50.7 Å². The lowest BCUT2D eigenvalue weighted by Gasteiger charge is -2.41. The standard InChI is InChI=1S/C18H24FN3O3/c1-17(2,3)25-16(23)22-8-7-18(24,15(19)11-22)13-6-5-12-10-20-21(4)14(12)9-13/h5-6,9-10,15,24H,7-8,11H2,1-4H3. The number of ether oxygens (including phenoxy) is 1. The number of amides is 1. The first-order valence-corrected chi connectivity index (χ1v) is 8.37. The molecule has 6 nitrogen and oxygen atoms in total. The predicted octanol–water partition coefficient (Wildman–Crippen LogP) is 2.74. The average molecular weight is 349 g/mol. The van der Waals surface area contributed by atoms with E-state index in [4.69, 9.17) is 4.74 Å². The molecule has 1 aliphatic heterocycles. The fourth-order valence-corrected chi connectivity index (χ4v) is 3.13. The maximum atomic E-state index is 14.9. The molecule has 136 valence electrons. The third-order valence-corrected chi connectivity index (χ3v) is 4.56. The molecule has 0 bridgehead atoms. The van der Waals surface area contributed by atoms with Gasteiger partial charge in [0.2, 0.25) is 0 Å². The third-order valence-electron chi connectivity index (χ3n) is 4.56. The smallest absolute Gasteiger partial charge is 0.410 e. The first kappa shape index (κ1) is 17.7. The Hall–Kier alpha value is -2.15.